The highest BCUT2D eigenvalue weighted by Crippen LogP contribution is 2.44. The zero-order chi connectivity index (χ0) is 29.7. The van der Waals surface area contributed by atoms with Crippen LogP contribution >= 0.6 is 0 Å². The third kappa shape index (κ3) is 4.18. The minimum absolute atomic E-state index is 0.824. The SMILES string of the molecule is C1=C(c2ccc(-n3c(-c4ccccc4)nnc3-c3ccccc3)cc2)c2ccc3c4c(ccc(c24)C1)C(c1cccnc1)=CC3. The number of rotatable bonds is 5. The number of allylic oxidation sites excluding steroid dienone is 2. The van der Waals surface area contributed by atoms with Crippen LogP contribution in [-0.2, 0) is 12.8 Å². The molecule has 4 nitrogen and oxygen atoms in total. The van der Waals surface area contributed by atoms with Gasteiger partial charge in [0, 0.05) is 34.8 Å². The molecule has 2 heterocycles. The zero-order valence-corrected chi connectivity index (χ0v) is 24.6. The summed E-state index contributed by atoms with van der Waals surface area (Å²) in [6.45, 7) is 0. The van der Waals surface area contributed by atoms with E-state index < -0.39 is 0 Å². The molecule has 0 bridgehead atoms. The van der Waals surface area contributed by atoms with Crippen LogP contribution in [0, 0.1) is 0 Å². The third-order valence-electron chi connectivity index (χ3n) is 9.10. The minimum Gasteiger partial charge on any atom is -0.275 e. The van der Waals surface area contributed by atoms with E-state index in [2.05, 4.69) is 111 Å². The van der Waals surface area contributed by atoms with Crippen molar-refractivity contribution in [1.29, 1.82) is 0 Å². The van der Waals surface area contributed by atoms with Crippen molar-refractivity contribution in [3.63, 3.8) is 0 Å². The van der Waals surface area contributed by atoms with Crippen molar-refractivity contribution in [3.05, 3.63) is 179 Å². The molecule has 2 aliphatic carbocycles. The molecule has 45 heavy (non-hydrogen) atoms. The van der Waals surface area contributed by atoms with Crippen molar-refractivity contribution in [3.8, 4) is 28.5 Å². The van der Waals surface area contributed by atoms with E-state index in [1.54, 1.807) is 0 Å². The largest absolute Gasteiger partial charge is 0.275 e. The van der Waals surface area contributed by atoms with Gasteiger partial charge in [0.15, 0.2) is 11.6 Å². The molecule has 9 rings (SSSR count). The summed E-state index contributed by atoms with van der Waals surface area (Å²) in [6.07, 6.45) is 10.4. The molecule has 0 aliphatic heterocycles. The molecule has 0 spiro atoms. The highest BCUT2D eigenvalue weighted by atomic mass is 15.3. The average Bonchev–Trinajstić information content (AvgIpc) is 3.57. The summed E-state index contributed by atoms with van der Waals surface area (Å²) in [5.74, 6) is 1.65. The Labute approximate surface area is 261 Å². The topological polar surface area (TPSA) is 43.6 Å². The third-order valence-corrected chi connectivity index (χ3v) is 9.10. The van der Waals surface area contributed by atoms with Gasteiger partial charge in [0.25, 0.3) is 0 Å². The predicted octanol–water partition coefficient (Wildman–Crippen LogP) is 9.13. The van der Waals surface area contributed by atoms with Gasteiger partial charge in [0.1, 0.15) is 0 Å². The average molecular weight is 577 g/mol. The normalized spacial score (nSPS) is 13.4. The zero-order valence-electron chi connectivity index (χ0n) is 24.6. The van der Waals surface area contributed by atoms with Gasteiger partial charge >= 0.3 is 0 Å². The van der Waals surface area contributed by atoms with E-state index in [1.165, 1.54) is 55.3 Å². The van der Waals surface area contributed by atoms with E-state index in [1.807, 2.05) is 54.9 Å². The number of benzene rings is 5. The van der Waals surface area contributed by atoms with Crippen molar-refractivity contribution in [2.75, 3.05) is 0 Å². The molecule has 0 fully saturated rings. The summed E-state index contributed by atoms with van der Waals surface area (Å²) in [5.41, 5.74) is 13.4. The Bertz CT molecular complexity index is 2220. The molecule has 0 amide bonds. The molecule has 0 atom stereocenters. The summed E-state index contributed by atoms with van der Waals surface area (Å²) in [5, 5.41) is 12.1. The Hall–Kier alpha value is -5.87. The van der Waals surface area contributed by atoms with Crippen molar-refractivity contribution in [2.45, 2.75) is 12.8 Å². The Balaban J connectivity index is 1.15. The maximum atomic E-state index is 4.65. The molecular formula is C41H28N4. The van der Waals surface area contributed by atoms with Gasteiger partial charge in [0.05, 0.1) is 0 Å². The molecule has 0 radical (unpaired) electrons. The maximum Gasteiger partial charge on any atom is 0.168 e. The lowest BCUT2D eigenvalue weighted by Crippen LogP contribution is -2.07. The van der Waals surface area contributed by atoms with Crippen LogP contribution in [0.4, 0.5) is 0 Å². The predicted molar refractivity (Wildman–Crippen MR) is 182 cm³/mol. The molecule has 0 saturated heterocycles. The molecule has 0 N–H and O–H groups in total. The van der Waals surface area contributed by atoms with Crippen molar-refractivity contribution < 1.29 is 0 Å². The number of pyridine rings is 1. The van der Waals surface area contributed by atoms with Crippen molar-refractivity contribution in [1.82, 2.24) is 19.7 Å². The van der Waals surface area contributed by atoms with Gasteiger partial charge < -0.3 is 0 Å². The van der Waals surface area contributed by atoms with Crippen LogP contribution in [-0.4, -0.2) is 19.7 Å². The van der Waals surface area contributed by atoms with Crippen LogP contribution in [0.1, 0.15) is 33.4 Å². The van der Waals surface area contributed by atoms with Crippen LogP contribution in [0.15, 0.2) is 146 Å². The maximum absolute atomic E-state index is 4.65. The molecule has 4 heteroatoms. The summed E-state index contributed by atoms with van der Waals surface area (Å²) < 4.78 is 2.16. The quantitative estimate of drug-likeness (QED) is 0.205. The minimum atomic E-state index is 0.824. The van der Waals surface area contributed by atoms with Crippen LogP contribution in [0.5, 0.6) is 0 Å². The van der Waals surface area contributed by atoms with Crippen LogP contribution < -0.4 is 0 Å². The number of nitrogens with zero attached hydrogens (tertiary/aromatic N) is 4. The summed E-state index contributed by atoms with van der Waals surface area (Å²) >= 11 is 0. The molecule has 7 aromatic rings. The first kappa shape index (κ1) is 25.6. The van der Waals surface area contributed by atoms with Gasteiger partial charge in [-0.2, -0.15) is 0 Å². The summed E-state index contributed by atoms with van der Waals surface area (Å²) in [6, 6.07) is 42.9. The Morgan fingerprint density at radius 2 is 1.00 bits per heavy atom. The molecule has 5 aromatic carbocycles. The number of hydrogen-bond acceptors (Lipinski definition) is 3. The van der Waals surface area contributed by atoms with Gasteiger partial charge in [-0.25, -0.2) is 0 Å². The van der Waals surface area contributed by atoms with Gasteiger partial charge in [-0.15, -0.1) is 10.2 Å². The van der Waals surface area contributed by atoms with Crippen molar-refractivity contribution in [2.24, 2.45) is 0 Å². The van der Waals surface area contributed by atoms with Crippen LogP contribution in [0.25, 0.3) is 50.4 Å². The van der Waals surface area contributed by atoms with E-state index in [0.717, 1.165) is 41.3 Å². The van der Waals surface area contributed by atoms with Crippen LogP contribution in [0.2, 0.25) is 0 Å². The Morgan fingerprint density at radius 1 is 0.467 bits per heavy atom. The highest BCUT2D eigenvalue weighted by Gasteiger charge is 2.24. The first-order valence-electron chi connectivity index (χ1n) is 15.4. The fraction of sp³-hybridized carbons (Fsp3) is 0.0488. The van der Waals surface area contributed by atoms with Crippen molar-refractivity contribution >= 4 is 21.9 Å². The van der Waals surface area contributed by atoms with Gasteiger partial charge in [-0.3, -0.25) is 9.55 Å². The van der Waals surface area contributed by atoms with Crippen LogP contribution in [0.3, 0.4) is 0 Å². The molecule has 0 unspecified atom stereocenters. The Morgan fingerprint density at radius 3 is 1.53 bits per heavy atom. The second kappa shape index (κ2) is 10.4. The second-order valence-corrected chi connectivity index (χ2v) is 11.6. The number of aromatic nitrogens is 4. The smallest absolute Gasteiger partial charge is 0.168 e. The highest BCUT2D eigenvalue weighted by molar-refractivity contribution is 6.09. The summed E-state index contributed by atoms with van der Waals surface area (Å²) in [4.78, 5) is 4.41. The van der Waals surface area contributed by atoms with E-state index >= 15 is 0 Å². The Kier molecular flexibility index (Phi) is 5.91. The lowest BCUT2D eigenvalue weighted by atomic mass is 9.78. The van der Waals surface area contributed by atoms with Gasteiger partial charge in [-0.1, -0.05) is 115 Å². The molecule has 0 saturated carbocycles. The van der Waals surface area contributed by atoms with Gasteiger partial charge in [0.2, 0.25) is 0 Å². The molecule has 212 valence electrons. The lowest BCUT2D eigenvalue weighted by molar-refractivity contribution is 1.07. The lowest BCUT2D eigenvalue weighted by Gasteiger charge is -2.26. The first-order valence-corrected chi connectivity index (χ1v) is 15.4. The molecule has 2 aliphatic rings. The second-order valence-electron chi connectivity index (χ2n) is 11.6. The first-order chi connectivity index (χ1) is 22.3. The van der Waals surface area contributed by atoms with E-state index in [0.29, 0.717) is 0 Å². The van der Waals surface area contributed by atoms with E-state index in [-0.39, 0.29) is 0 Å². The number of hydrogen-bond donors (Lipinski definition) is 0. The summed E-state index contributed by atoms with van der Waals surface area (Å²) in [7, 11) is 0. The fourth-order valence-corrected chi connectivity index (χ4v) is 7.01. The van der Waals surface area contributed by atoms with Gasteiger partial charge in [-0.05, 0) is 80.8 Å². The standard InChI is InChI=1S/C41H28N4/c1-3-8-30(9-4-1)40-43-44-41(31-10-5-2-6-11-31)45(40)33-19-13-27(14-20-33)34-21-15-28-18-24-37-35(32-12-7-25-42-26-32)22-16-29-17-23-36(34)38(28)39(29)37/h1-14,17-26H,15-16H2. The fourth-order valence-electron chi connectivity index (χ4n) is 7.01. The molecular weight excluding hydrogens is 548 g/mol. The van der Waals surface area contributed by atoms with E-state index in [4.69, 9.17) is 0 Å². The molecule has 2 aromatic heterocycles. The monoisotopic (exact) mass is 576 g/mol. The van der Waals surface area contributed by atoms with E-state index in [9.17, 15) is 0 Å².